The zero-order valence-corrected chi connectivity index (χ0v) is 16.3. The Bertz CT molecular complexity index is 412. The zero-order valence-electron chi connectivity index (χ0n) is 16.3. The molecule has 3 saturated carbocycles. The van der Waals surface area contributed by atoms with Gasteiger partial charge in [0, 0.05) is 0 Å². The monoisotopic (exact) mass is 304 g/mol. The topological polar surface area (TPSA) is 0 Å². The summed E-state index contributed by atoms with van der Waals surface area (Å²) < 4.78 is 0. The van der Waals surface area contributed by atoms with Gasteiger partial charge in [0.1, 0.15) is 0 Å². The fourth-order valence-electron chi connectivity index (χ4n) is 7.59. The van der Waals surface area contributed by atoms with E-state index in [4.69, 9.17) is 0 Å². The summed E-state index contributed by atoms with van der Waals surface area (Å²) in [6.07, 6.45) is 8.81. The molecule has 0 bridgehead atoms. The molecule has 0 aromatic rings. The third kappa shape index (κ3) is 2.07. The van der Waals surface area contributed by atoms with E-state index in [2.05, 4.69) is 48.5 Å². The van der Waals surface area contributed by atoms with Crippen molar-refractivity contribution in [1.82, 2.24) is 0 Å². The Labute approximate surface area is 139 Å². The van der Waals surface area contributed by atoms with Crippen molar-refractivity contribution in [2.45, 2.75) is 87.0 Å². The van der Waals surface area contributed by atoms with E-state index in [0.29, 0.717) is 0 Å². The molecule has 0 aliphatic heterocycles. The summed E-state index contributed by atoms with van der Waals surface area (Å²) in [6, 6.07) is 0. The van der Waals surface area contributed by atoms with Gasteiger partial charge in [0.15, 0.2) is 0 Å². The van der Waals surface area contributed by atoms with Gasteiger partial charge >= 0.3 is 0 Å². The maximum absolute atomic E-state index is 2.64. The molecule has 3 fully saturated rings. The molecule has 0 saturated heterocycles. The summed E-state index contributed by atoms with van der Waals surface area (Å²) in [5.74, 6) is 6.94. The molecule has 22 heavy (non-hydrogen) atoms. The Morgan fingerprint density at radius 3 is 2.23 bits per heavy atom. The molecule has 0 aromatic carbocycles. The average molecular weight is 305 g/mol. The molecule has 0 radical (unpaired) electrons. The summed E-state index contributed by atoms with van der Waals surface area (Å²) in [6.45, 7) is 17.6. The molecular formula is C22H40. The van der Waals surface area contributed by atoms with E-state index in [1.165, 1.54) is 32.1 Å². The smallest absolute Gasteiger partial charge is 0.0176 e. The van der Waals surface area contributed by atoms with Crippen LogP contribution in [0.15, 0.2) is 0 Å². The minimum absolute atomic E-state index is 0.740. The van der Waals surface area contributed by atoms with Crippen molar-refractivity contribution < 1.29 is 0 Å². The maximum atomic E-state index is 2.64. The van der Waals surface area contributed by atoms with Crippen molar-refractivity contribution in [3.05, 3.63) is 0 Å². The lowest BCUT2D eigenvalue weighted by molar-refractivity contribution is -0.0587. The van der Waals surface area contributed by atoms with Crippen molar-refractivity contribution in [3.63, 3.8) is 0 Å². The van der Waals surface area contributed by atoms with Crippen molar-refractivity contribution in [3.8, 4) is 0 Å². The predicted octanol–water partition coefficient (Wildman–Crippen LogP) is 6.79. The first kappa shape index (κ1) is 16.8. The second-order valence-electron chi connectivity index (χ2n) is 10.1. The number of fused-ring (bicyclic) bond motifs is 4. The van der Waals surface area contributed by atoms with Crippen LogP contribution in [0.1, 0.15) is 87.0 Å². The van der Waals surface area contributed by atoms with E-state index < -0.39 is 0 Å². The van der Waals surface area contributed by atoms with Gasteiger partial charge in [0.2, 0.25) is 0 Å². The summed E-state index contributed by atoms with van der Waals surface area (Å²) in [5.41, 5.74) is 1.51. The molecule has 9 atom stereocenters. The molecule has 3 aliphatic rings. The molecule has 0 heterocycles. The van der Waals surface area contributed by atoms with Gasteiger partial charge in [0.05, 0.1) is 0 Å². The SMILES string of the molecule is CCC(C)C(C)CCCC(C)C12CC1(C)C1C(C)CC(C)C12. The molecule has 3 aliphatic carbocycles. The molecular weight excluding hydrogens is 264 g/mol. The van der Waals surface area contributed by atoms with Crippen LogP contribution in [0, 0.1) is 52.3 Å². The molecule has 0 nitrogen and oxygen atoms in total. The van der Waals surface area contributed by atoms with Gasteiger partial charge in [-0.3, -0.25) is 0 Å². The fraction of sp³-hybridized carbons (Fsp3) is 1.00. The van der Waals surface area contributed by atoms with Crippen LogP contribution in [0.25, 0.3) is 0 Å². The Hall–Kier alpha value is 0. The molecule has 128 valence electrons. The van der Waals surface area contributed by atoms with Crippen molar-refractivity contribution >= 4 is 0 Å². The molecule has 0 spiro atoms. The van der Waals surface area contributed by atoms with Crippen LogP contribution in [-0.4, -0.2) is 0 Å². The Kier molecular flexibility index (Phi) is 4.23. The molecule has 0 N–H and O–H groups in total. The quantitative estimate of drug-likeness (QED) is 0.485. The van der Waals surface area contributed by atoms with E-state index >= 15 is 0 Å². The van der Waals surface area contributed by atoms with E-state index in [1.807, 2.05) is 0 Å². The highest BCUT2D eigenvalue weighted by molar-refractivity contribution is 5.32. The third-order valence-corrected chi connectivity index (χ3v) is 9.08. The summed E-state index contributed by atoms with van der Waals surface area (Å²) >= 11 is 0. The lowest BCUT2D eigenvalue weighted by Gasteiger charge is -2.53. The van der Waals surface area contributed by atoms with Crippen LogP contribution in [0.2, 0.25) is 0 Å². The second-order valence-corrected chi connectivity index (χ2v) is 10.1. The maximum Gasteiger partial charge on any atom is -0.0176 e. The van der Waals surface area contributed by atoms with E-state index in [9.17, 15) is 0 Å². The molecule has 3 rings (SSSR count). The molecule has 9 unspecified atom stereocenters. The van der Waals surface area contributed by atoms with Gasteiger partial charge in [0.25, 0.3) is 0 Å². The van der Waals surface area contributed by atoms with Gasteiger partial charge in [-0.2, -0.15) is 0 Å². The second kappa shape index (κ2) is 5.52. The van der Waals surface area contributed by atoms with Crippen LogP contribution in [0.5, 0.6) is 0 Å². The first-order valence-electron chi connectivity index (χ1n) is 10.3. The predicted molar refractivity (Wildman–Crippen MR) is 96.7 cm³/mol. The summed E-state index contributed by atoms with van der Waals surface area (Å²) in [5, 5.41) is 0. The molecule has 0 amide bonds. The van der Waals surface area contributed by atoms with Crippen LogP contribution in [0.4, 0.5) is 0 Å². The first-order chi connectivity index (χ1) is 10.3. The van der Waals surface area contributed by atoms with Crippen LogP contribution in [0.3, 0.4) is 0 Å². The van der Waals surface area contributed by atoms with Crippen LogP contribution < -0.4 is 0 Å². The Morgan fingerprint density at radius 1 is 0.955 bits per heavy atom. The highest BCUT2D eigenvalue weighted by Gasteiger charge is 2.85. The number of hydrogen-bond donors (Lipinski definition) is 0. The highest BCUT2D eigenvalue weighted by atomic mass is 14.9. The van der Waals surface area contributed by atoms with E-state index in [1.54, 1.807) is 6.42 Å². The first-order valence-corrected chi connectivity index (χ1v) is 10.3. The van der Waals surface area contributed by atoms with Crippen LogP contribution >= 0.6 is 0 Å². The summed E-state index contributed by atoms with van der Waals surface area (Å²) in [7, 11) is 0. The van der Waals surface area contributed by atoms with Crippen molar-refractivity contribution in [1.29, 1.82) is 0 Å². The van der Waals surface area contributed by atoms with Gasteiger partial charge in [-0.1, -0.05) is 74.1 Å². The van der Waals surface area contributed by atoms with Gasteiger partial charge in [-0.05, 0) is 65.1 Å². The van der Waals surface area contributed by atoms with Crippen LogP contribution in [-0.2, 0) is 0 Å². The fourth-order valence-corrected chi connectivity index (χ4v) is 7.59. The van der Waals surface area contributed by atoms with Gasteiger partial charge < -0.3 is 0 Å². The lowest BCUT2D eigenvalue weighted by Crippen LogP contribution is -2.49. The van der Waals surface area contributed by atoms with Gasteiger partial charge in [-0.25, -0.2) is 0 Å². The zero-order chi connectivity index (χ0) is 16.3. The highest BCUT2D eigenvalue weighted by Crippen LogP contribution is 2.90. The standard InChI is InChI=1S/C22H40/c1-8-14(2)15(3)10-9-11-18(6)22-13-21(22,7)19-16(4)12-17(5)20(19)22/h14-20H,8-13H2,1-7H3. The van der Waals surface area contributed by atoms with Crippen molar-refractivity contribution in [2.24, 2.45) is 52.3 Å². The summed E-state index contributed by atoms with van der Waals surface area (Å²) in [4.78, 5) is 0. The van der Waals surface area contributed by atoms with Crippen molar-refractivity contribution in [2.75, 3.05) is 0 Å². The van der Waals surface area contributed by atoms with E-state index in [0.717, 1.165) is 52.3 Å². The Balaban J connectivity index is 1.55. The Morgan fingerprint density at radius 2 is 1.59 bits per heavy atom. The minimum atomic E-state index is 0.740. The largest absolute Gasteiger partial charge is 0.0651 e. The van der Waals surface area contributed by atoms with Gasteiger partial charge in [-0.15, -0.1) is 0 Å². The normalized spacial score (nSPS) is 49.8. The molecule has 0 heteroatoms. The average Bonchev–Trinajstić information content (AvgIpc) is 2.84. The minimum Gasteiger partial charge on any atom is -0.0651 e. The lowest BCUT2D eigenvalue weighted by atomic mass is 9.51. The third-order valence-electron chi connectivity index (χ3n) is 9.08. The number of rotatable bonds is 7. The van der Waals surface area contributed by atoms with E-state index in [-0.39, 0.29) is 0 Å². The molecule has 0 aromatic heterocycles. The number of hydrogen-bond acceptors (Lipinski definition) is 0.